The van der Waals surface area contributed by atoms with Crippen molar-refractivity contribution in [3.05, 3.63) is 35.4 Å². The minimum Gasteiger partial charge on any atom is -0.293 e. The topological polar surface area (TPSA) is 54.5 Å². The summed E-state index contributed by atoms with van der Waals surface area (Å²) in [5, 5.41) is 0. The molecule has 0 radical (unpaired) electrons. The van der Waals surface area contributed by atoms with Gasteiger partial charge < -0.3 is 0 Å². The van der Waals surface area contributed by atoms with Gasteiger partial charge in [-0.25, -0.2) is 8.42 Å². The number of likely N-dealkylation sites (N-methyl/N-ethyl adjacent to an activating group) is 1. The second-order valence-corrected chi connectivity index (χ2v) is 6.37. The third kappa shape index (κ3) is 3.65. The van der Waals surface area contributed by atoms with Gasteiger partial charge in [0.2, 0.25) is 10.0 Å². The van der Waals surface area contributed by atoms with Crippen LogP contribution in [0.15, 0.2) is 24.3 Å². The summed E-state index contributed by atoms with van der Waals surface area (Å²) in [7, 11) is -3.31. The number of carbonyl (C=O) groups is 1. The molecule has 4 nitrogen and oxygen atoms in total. The zero-order chi connectivity index (χ0) is 13.8. The predicted octanol–water partition coefficient (Wildman–Crippen LogP) is 1.85. The van der Waals surface area contributed by atoms with Gasteiger partial charge in [0.1, 0.15) is 0 Å². The molecule has 0 fully saturated rings. The normalized spacial score (nSPS) is 11.8. The number of hydrogen-bond donors (Lipinski definition) is 0. The fourth-order valence-electron chi connectivity index (χ4n) is 1.58. The Labute approximate surface area is 109 Å². The van der Waals surface area contributed by atoms with Gasteiger partial charge in [0, 0.05) is 12.1 Å². The first-order valence-electron chi connectivity index (χ1n) is 5.98. The molecule has 0 unspecified atom stereocenters. The van der Waals surface area contributed by atoms with E-state index in [0.29, 0.717) is 12.1 Å². The van der Waals surface area contributed by atoms with Crippen molar-refractivity contribution in [3.8, 4) is 0 Å². The van der Waals surface area contributed by atoms with E-state index in [2.05, 4.69) is 0 Å². The molecule has 100 valence electrons. The molecule has 0 aliphatic heterocycles. The summed E-state index contributed by atoms with van der Waals surface area (Å²) in [6.07, 6.45) is 0. The zero-order valence-corrected chi connectivity index (χ0v) is 11.8. The smallest absolute Gasteiger partial charge is 0.214 e. The lowest BCUT2D eigenvalue weighted by atomic mass is 10.1. The average Bonchev–Trinajstić information content (AvgIpc) is 2.36. The van der Waals surface area contributed by atoms with Crippen LogP contribution in [0.3, 0.4) is 0 Å². The number of benzene rings is 1. The first-order chi connectivity index (χ1) is 8.40. The van der Waals surface area contributed by atoms with Gasteiger partial charge in [0.15, 0.2) is 5.78 Å². The molecule has 5 heteroatoms. The molecule has 0 saturated carbocycles. The highest BCUT2D eigenvalue weighted by Crippen LogP contribution is 2.08. The van der Waals surface area contributed by atoms with Crippen molar-refractivity contribution in [1.29, 1.82) is 0 Å². The third-order valence-corrected chi connectivity index (χ3v) is 4.71. The molecule has 0 amide bonds. The highest BCUT2D eigenvalue weighted by molar-refractivity contribution is 7.89. The van der Waals surface area contributed by atoms with Crippen LogP contribution in [-0.2, 0) is 10.0 Å². The van der Waals surface area contributed by atoms with Crippen LogP contribution in [0.5, 0.6) is 0 Å². The Balaban J connectivity index is 2.83. The van der Waals surface area contributed by atoms with E-state index in [-0.39, 0.29) is 18.1 Å². The molecule has 1 aromatic carbocycles. The molecular formula is C13H19NO3S. The molecule has 18 heavy (non-hydrogen) atoms. The van der Waals surface area contributed by atoms with E-state index >= 15 is 0 Å². The van der Waals surface area contributed by atoms with E-state index in [4.69, 9.17) is 0 Å². The lowest BCUT2D eigenvalue weighted by molar-refractivity contribution is 0.0968. The van der Waals surface area contributed by atoms with E-state index in [1.54, 1.807) is 26.0 Å². The quantitative estimate of drug-likeness (QED) is 0.741. The standard InChI is InChI=1S/C13H19NO3S/c1-4-14(18(16,17)5-2)10-13(15)12-8-6-11(3)7-9-12/h6-9H,4-5,10H2,1-3H3. The molecule has 0 bridgehead atoms. The number of sulfonamides is 1. The maximum atomic E-state index is 12.0. The van der Waals surface area contributed by atoms with Gasteiger partial charge in [-0.1, -0.05) is 36.8 Å². The van der Waals surface area contributed by atoms with Gasteiger partial charge in [-0.15, -0.1) is 0 Å². The fraction of sp³-hybridized carbons (Fsp3) is 0.462. The van der Waals surface area contributed by atoms with Crippen LogP contribution in [0, 0.1) is 6.92 Å². The first kappa shape index (κ1) is 14.9. The molecule has 0 aromatic heterocycles. The number of nitrogens with zero attached hydrogens (tertiary/aromatic N) is 1. The minimum atomic E-state index is -3.31. The van der Waals surface area contributed by atoms with Crippen LogP contribution in [0.1, 0.15) is 29.8 Å². The highest BCUT2D eigenvalue weighted by Gasteiger charge is 2.21. The van der Waals surface area contributed by atoms with E-state index < -0.39 is 10.0 Å². The predicted molar refractivity (Wildman–Crippen MR) is 72.2 cm³/mol. The molecular weight excluding hydrogens is 250 g/mol. The summed E-state index contributed by atoms with van der Waals surface area (Å²) >= 11 is 0. The SMILES string of the molecule is CCN(CC(=O)c1ccc(C)cc1)S(=O)(=O)CC. The lowest BCUT2D eigenvalue weighted by Crippen LogP contribution is -2.36. The molecule has 1 aromatic rings. The number of hydrogen-bond acceptors (Lipinski definition) is 3. The highest BCUT2D eigenvalue weighted by atomic mass is 32.2. The number of ketones is 1. The molecule has 1 rings (SSSR count). The number of aryl methyl sites for hydroxylation is 1. The van der Waals surface area contributed by atoms with Gasteiger partial charge >= 0.3 is 0 Å². The van der Waals surface area contributed by atoms with Gasteiger partial charge in [0.05, 0.1) is 12.3 Å². The van der Waals surface area contributed by atoms with Gasteiger partial charge in [-0.3, -0.25) is 4.79 Å². The molecule has 0 N–H and O–H groups in total. The van der Waals surface area contributed by atoms with Gasteiger partial charge in [-0.2, -0.15) is 4.31 Å². The van der Waals surface area contributed by atoms with E-state index in [1.165, 1.54) is 4.31 Å². The van der Waals surface area contributed by atoms with Crippen molar-refractivity contribution in [3.63, 3.8) is 0 Å². The average molecular weight is 269 g/mol. The summed E-state index contributed by atoms with van der Waals surface area (Å²) in [4.78, 5) is 12.0. The Morgan fingerprint density at radius 2 is 1.72 bits per heavy atom. The van der Waals surface area contributed by atoms with Crippen molar-refractivity contribution < 1.29 is 13.2 Å². The van der Waals surface area contributed by atoms with Crippen molar-refractivity contribution in [2.75, 3.05) is 18.8 Å². The van der Waals surface area contributed by atoms with Crippen molar-refractivity contribution in [1.82, 2.24) is 4.31 Å². The Bertz CT molecular complexity index is 506. The third-order valence-electron chi connectivity index (χ3n) is 2.80. The number of Topliss-reactive ketones (excluding diaryl/α,β-unsaturated/α-hetero) is 1. The van der Waals surface area contributed by atoms with Crippen LogP contribution >= 0.6 is 0 Å². The maximum Gasteiger partial charge on any atom is 0.214 e. The summed E-state index contributed by atoms with van der Waals surface area (Å²) in [6, 6.07) is 7.14. The number of carbonyl (C=O) groups excluding carboxylic acids is 1. The molecule has 0 heterocycles. The Morgan fingerprint density at radius 1 is 1.17 bits per heavy atom. The molecule has 0 saturated heterocycles. The largest absolute Gasteiger partial charge is 0.293 e. The van der Waals surface area contributed by atoms with Gasteiger partial charge in [-0.05, 0) is 13.8 Å². The van der Waals surface area contributed by atoms with Gasteiger partial charge in [0.25, 0.3) is 0 Å². The van der Waals surface area contributed by atoms with Crippen LogP contribution < -0.4 is 0 Å². The van der Waals surface area contributed by atoms with Crippen LogP contribution in [0.4, 0.5) is 0 Å². The Kier molecular flexibility index (Phi) is 5.04. The minimum absolute atomic E-state index is 0.0159. The Morgan fingerprint density at radius 3 is 2.17 bits per heavy atom. The second-order valence-electron chi connectivity index (χ2n) is 4.12. The summed E-state index contributed by atoms with van der Waals surface area (Å²) in [5.74, 6) is -0.156. The Hall–Kier alpha value is -1.20. The summed E-state index contributed by atoms with van der Waals surface area (Å²) in [6.45, 7) is 5.47. The zero-order valence-electron chi connectivity index (χ0n) is 11.0. The van der Waals surface area contributed by atoms with Crippen LogP contribution in [-0.4, -0.2) is 37.3 Å². The molecule has 0 aliphatic rings. The van der Waals surface area contributed by atoms with E-state index in [9.17, 15) is 13.2 Å². The van der Waals surface area contributed by atoms with Crippen LogP contribution in [0.2, 0.25) is 0 Å². The first-order valence-corrected chi connectivity index (χ1v) is 7.59. The van der Waals surface area contributed by atoms with E-state index in [1.807, 2.05) is 19.1 Å². The van der Waals surface area contributed by atoms with Crippen molar-refractivity contribution in [2.24, 2.45) is 0 Å². The summed E-state index contributed by atoms with van der Waals surface area (Å²) in [5.41, 5.74) is 1.62. The second kappa shape index (κ2) is 6.11. The maximum absolute atomic E-state index is 12.0. The molecule has 0 spiro atoms. The lowest BCUT2D eigenvalue weighted by Gasteiger charge is -2.18. The fourth-order valence-corrected chi connectivity index (χ4v) is 2.65. The van der Waals surface area contributed by atoms with Crippen molar-refractivity contribution >= 4 is 15.8 Å². The molecule has 0 aliphatic carbocycles. The van der Waals surface area contributed by atoms with Crippen LogP contribution in [0.25, 0.3) is 0 Å². The van der Waals surface area contributed by atoms with Crippen molar-refractivity contribution in [2.45, 2.75) is 20.8 Å². The number of rotatable bonds is 6. The van der Waals surface area contributed by atoms with E-state index in [0.717, 1.165) is 5.56 Å². The molecule has 0 atom stereocenters. The summed E-state index contributed by atoms with van der Waals surface area (Å²) < 4.78 is 24.7. The monoisotopic (exact) mass is 269 g/mol.